The van der Waals surface area contributed by atoms with Crippen molar-refractivity contribution in [3.63, 3.8) is 0 Å². The third-order valence-corrected chi connectivity index (χ3v) is 6.03. The van der Waals surface area contributed by atoms with Gasteiger partial charge in [0.1, 0.15) is 0 Å². The highest BCUT2D eigenvalue weighted by Crippen LogP contribution is 2.24. The summed E-state index contributed by atoms with van der Waals surface area (Å²) < 4.78 is 5.00. The molecular weight excluding hydrogens is 384 g/mol. The molecule has 2 aliphatic rings. The van der Waals surface area contributed by atoms with Crippen LogP contribution >= 0.6 is 0 Å². The SMILES string of the molecule is CCOC(=O)N1CCC(NC(=O)C(=O)N2CCN(c3cccc(C)c3C)CC2)CC1. The zero-order chi connectivity index (χ0) is 21.7. The Bertz CT molecular complexity index is 781. The van der Waals surface area contributed by atoms with Gasteiger partial charge in [0.15, 0.2) is 0 Å². The Hall–Kier alpha value is -2.77. The first-order valence-electron chi connectivity index (χ1n) is 10.7. The van der Waals surface area contributed by atoms with Crippen LogP contribution in [0.1, 0.15) is 30.9 Å². The topological polar surface area (TPSA) is 82.2 Å². The van der Waals surface area contributed by atoms with E-state index in [0.29, 0.717) is 58.7 Å². The maximum atomic E-state index is 12.6. The fraction of sp³-hybridized carbons (Fsp3) is 0.591. The average Bonchev–Trinajstić information content (AvgIpc) is 2.76. The molecule has 2 fully saturated rings. The largest absolute Gasteiger partial charge is 0.450 e. The molecule has 8 heteroatoms. The van der Waals surface area contributed by atoms with E-state index < -0.39 is 11.8 Å². The maximum Gasteiger partial charge on any atom is 0.409 e. The van der Waals surface area contributed by atoms with Crippen molar-refractivity contribution in [1.29, 1.82) is 0 Å². The number of carbonyl (C=O) groups excluding carboxylic acids is 3. The highest BCUT2D eigenvalue weighted by Gasteiger charge is 2.30. The molecule has 2 saturated heterocycles. The molecule has 0 saturated carbocycles. The van der Waals surface area contributed by atoms with Crippen LogP contribution in [0.25, 0.3) is 0 Å². The third kappa shape index (κ3) is 5.04. The Morgan fingerprint density at radius 3 is 2.30 bits per heavy atom. The second kappa shape index (κ2) is 9.82. The minimum absolute atomic E-state index is 0.0941. The van der Waals surface area contributed by atoms with Crippen LogP contribution in [0.2, 0.25) is 0 Å². The zero-order valence-corrected chi connectivity index (χ0v) is 18.1. The lowest BCUT2D eigenvalue weighted by atomic mass is 10.1. The molecule has 1 N–H and O–H groups in total. The monoisotopic (exact) mass is 416 g/mol. The summed E-state index contributed by atoms with van der Waals surface area (Å²) in [6, 6.07) is 6.16. The molecule has 2 aliphatic heterocycles. The summed E-state index contributed by atoms with van der Waals surface area (Å²) >= 11 is 0. The summed E-state index contributed by atoms with van der Waals surface area (Å²) in [6.45, 7) is 9.85. The number of ether oxygens (including phenoxy) is 1. The number of aryl methyl sites for hydroxylation is 1. The summed E-state index contributed by atoms with van der Waals surface area (Å²) in [6.07, 6.45) is 0.927. The fourth-order valence-electron chi connectivity index (χ4n) is 4.04. The van der Waals surface area contributed by atoms with Crippen LogP contribution in [0.15, 0.2) is 18.2 Å². The van der Waals surface area contributed by atoms with Crippen LogP contribution in [-0.4, -0.2) is 79.6 Å². The van der Waals surface area contributed by atoms with E-state index >= 15 is 0 Å². The first-order chi connectivity index (χ1) is 14.4. The molecule has 0 radical (unpaired) electrons. The molecule has 0 unspecified atom stereocenters. The first-order valence-corrected chi connectivity index (χ1v) is 10.7. The van der Waals surface area contributed by atoms with Crippen molar-refractivity contribution in [1.82, 2.24) is 15.1 Å². The number of nitrogens with zero attached hydrogens (tertiary/aromatic N) is 3. The molecule has 3 amide bonds. The number of likely N-dealkylation sites (tertiary alicyclic amines) is 1. The number of anilines is 1. The number of amides is 3. The van der Waals surface area contributed by atoms with Gasteiger partial charge < -0.3 is 24.8 Å². The summed E-state index contributed by atoms with van der Waals surface area (Å²) in [5.41, 5.74) is 3.70. The summed E-state index contributed by atoms with van der Waals surface area (Å²) in [7, 11) is 0. The molecule has 0 atom stereocenters. The van der Waals surface area contributed by atoms with Crippen LogP contribution in [0, 0.1) is 13.8 Å². The normalized spacial score (nSPS) is 17.6. The lowest BCUT2D eigenvalue weighted by Gasteiger charge is -2.37. The number of hydrogen-bond donors (Lipinski definition) is 1. The predicted molar refractivity (Wildman–Crippen MR) is 114 cm³/mol. The summed E-state index contributed by atoms with van der Waals surface area (Å²) in [5.74, 6) is -1.02. The molecule has 1 aromatic rings. The van der Waals surface area contributed by atoms with Gasteiger partial charge in [0.25, 0.3) is 0 Å². The molecule has 164 valence electrons. The van der Waals surface area contributed by atoms with E-state index in [9.17, 15) is 14.4 Å². The molecule has 0 bridgehead atoms. The summed E-state index contributed by atoms with van der Waals surface area (Å²) in [4.78, 5) is 42.4. The second-order valence-electron chi connectivity index (χ2n) is 7.93. The van der Waals surface area contributed by atoms with Gasteiger partial charge in [-0.2, -0.15) is 0 Å². The number of piperidine rings is 1. The quantitative estimate of drug-likeness (QED) is 0.759. The van der Waals surface area contributed by atoms with Gasteiger partial charge >= 0.3 is 17.9 Å². The Morgan fingerprint density at radius 2 is 1.67 bits per heavy atom. The van der Waals surface area contributed by atoms with Gasteiger partial charge in [-0.3, -0.25) is 9.59 Å². The highest BCUT2D eigenvalue weighted by molar-refractivity contribution is 6.35. The van der Waals surface area contributed by atoms with E-state index in [1.54, 1.807) is 16.7 Å². The fourth-order valence-corrected chi connectivity index (χ4v) is 4.04. The Labute approximate surface area is 178 Å². The van der Waals surface area contributed by atoms with Crippen LogP contribution in [0.4, 0.5) is 10.5 Å². The minimum atomic E-state index is -0.551. The van der Waals surface area contributed by atoms with Gasteiger partial charge in [-0.15, -0.1) is 0 Å². The third-order valence-electron chi connectivity index (χ3n) is 6.03. The number of rotatable bonds is 3. The minimum Gasteiger partial charge on any atom is -0.450 e. The zero-order valence-electron chi connectivity index (χ0n) is 18.1. The van der Waals surface area contributed by atoms with Gasteiger partial charge in [-0.25, -0.2) is 4.79 Å². The smallest absolute Gasteiger partial charge is 0.409 e. The van der Waals surface area contributed by atoms with Crippen LogP contribution in [-0.2, 0) is 14.3 Å². The van der Waals surface area contributed by atoms with E-state index in [-0.39, 0.29) is 12.1 Å². The number of carbonyl (C=O) groups is 3. The predicted octanol–water partition coefficient (Wildman–Crippen LogP) is 1.69. The molecule has 0 spiro atoms. The van der Waals surface area contributed by atoms with Gasteiger partial charge in [0, 0.05) is 51.0 Å². The van der Waals surface area contributed by atoms with Crippen molar-refractivity contribution in [3.8, 4) is 0 Å². The lowest BCUT2D eigenvalue weighted by Crippen LogP contribution is -2.55. The molecule has 1 aromatic carbocycles. The second-order valence-corrected chi connectivity index (χ2v) is 7.93. The van der Waals surface area contributed by atoms with Crippen LogP contribution in [0.5, 0.6) is 0 Å². The van der Waals surface area contributed by atoms with Crippen LogP contribution in [0.3, 0.4) is 0 Å². The Balaban J connectivity index is 1.46. The van der Waals surface area contributed by atoms with Gasteiger partial charge in [0.2, 0.25) is 0 Å². The van der Waals surface area contributed by atoms with Crippen molar-refractivity contribution in [3.05, 3.63) is 29.3 Å². The number of piperazine rings is 1. The van der Waals surface area contributed by atoms with Crippen molar-refractivity contribution in [2.24, 2.45) is 0 Å². The number of hydrogen-bond acceptors (Lipinski definition) is 5. The van der Waals surface area contributed by atoms with Crippen molar-refractivity contribution in [2.45, 2.75) is 39.7 Å². The molecule has 0 aromatic heterocycles. The van der Waals surface area contributed by atoms with Crippen molar-refractivity contribution >= 4 is 23.6 Å². The first kappa shape index (κ1) is 21.9. The Kier molecular flexibility index (Phi) is 7.18. The number of benzene rings is 1. The molecule has 8 nitrogen and oxygen atoms in total. The highest BCUT2D eigenvalue weighted by atomic mass is 16.6. The summed E-state index contributed by atoms with van der Waals surface area (Å²) in [5, 5.41) is 2.84. The lowest BCUT2D eigenvalue weighted by molar-refractivity contribution is -0.146. The standard InChI is InChI=1S/C22H32N4O4/c1-4-30-22(29)26-10-8-18(9-11-26)23-20(27)21(28)25-14-12-24(13-15-25)19-7-5-6-16(2)17(19)3/h5-7,18H,4,8-15H2,1-3H3,(H,23,27). The molecule has 30 heavy (non-hydrogen) atoms. The van der Waals surface area contributed by atoms with E-state index in [2.05, 4.69) is 42.3 Å². The Morgan fingerprint density at radius 1 is 1.00 bits per heavy atom. The van der Waals surface area contributed by atoms with Crippen LogP contribution < -0.4 is 10.2 Å². The van der Waals surface area contributed by atoms with Crippen molar-refractivity contribution < 1.29 is 19.1 Å². The van der Waals surface area contributed by atoms with E-state index in [0.717, 1.165) is 0 Å². The molecule has 2 heterocycles. The molecule has 0 aliphatic carbocycles. The van der Waals surface area contributed by atoms with E-state index in [4.69, 9.17) is 4.74 Å². The number of nitrogens with one attached hydrogen (secondary N) is 1. The van der Waals surface area contributed by atoms with E-state index in [1.807, 2.05) is 0 Å². The van der Waals surface area contributed by atoms with Crippen molar-refractivity contribution in [2.75, 3.05) is 50.8 Å². The maximum absolute atomic E-state index is 12.6. The van der Waals surface area contributed by atoms with E-state index in [1.165, 1.54) is 16.8 Å². The molecular formula is C22H32N4O4. The average molecular weight is 417 g/mol. The van der Waals surface area contributed by atoms with Gasteiger partial charge in [0.05, 0.1) is 6.61 Å². The van der Waals surface area contributed by atoms with Gasteiger partial charge in [-0.1, -0.05) is 12.1 Å². The van der Waals surface area contributed by atoms with Gasteiger partial charge in [-0.05, 0) is 50.8 Å². The molecule has 3 rings (SSSR count).